The quantitative estimate of drug-likeness (QED) is 0.596. The maximum absolute atomic E-state index is 11.8. The van der Waals surface area contributed by atoms with E-state index in [4.69, 9.17) is 0 Å². The van der Waals surface area contributed by atoms with Crippen LogP contribution in [-0.2, 0) is 4.79 Å². The van der Waals surface area contributed by atoms with Gasteiger partial charge in [0.25, 0.3) is 0 Å². The molecular weight excluding hydrogens is 260 g/mol. The fraction of sp³-hybridized carbons (Fsp3) is 0.846. The number of β-amino-alcohol motifs (C(OH)–C–C–N with tert-alkyl or cyclic N) is 1. The largest absolute Gasteiger partial charge is 0.392 e. The molecule has 1 saturated heterocycles. The number of carbonyl (C=O) groups excluding carboxylic acids is 2. The number of aliphatic hydroxyl groups excluding tert-OH is 1. The van der Waals surface area contributed by atoms with Crippen LogP contribution in [-0.4, -0.2) is 79.3 Å². The molecule has 3 N–H and O–H groups in total. The summed E-state index contributed by atoms with van der Waals surface area (Å²) >= 11 is 0. The number of imide groups is 1. The van der Waals surface area contributed by atoms with E-state index in [0.717, 1.165) is 13.0 Å². The van der Waals surface area contributed by atoms with Crippen LogP contribution in [0.4, 0.5) is 4.79 Å². The minimum atomic E-state index is -0.458. The molecule has 1 heterocycles. The first-order valence-electron chi connectivity index (χ1n) is 7.06. The number of urea groups is 1. The molecule has 2 atom stereocenters. The van der Waals surface area contributed by atoms with E-state index >= 15 is 0 Å². The van der Waals surface area contributed by atoms with E-state index in [-0.39, 0.29) is 18.5 Å². The van der Waals surface area contributed by atoms with Gasteiger partial charge in [0.1, 0.15) is 0 Å². The van der Waals surface area contributed by atoms with Crippen LogP contribution in [0, 0.1) is 0 Å². The Morgan fingerprint density at radius 3 is 2.70 bits per heavy atom. The number of aliphatic hydroxyl groups is 1. The van der Waals surface area contributed by atoms with Gasteiger partial charge in [0.05, 0.1) is 12.6 Å². The number of rotatable bonds is 6. The van der Waals surface area contributed by atoms with Crippen molar-refractivity contribution in [2.75, 3.05) is 40.3 Å². The third-order valence-corrected chi connectivity index (χ3v) is 3.22. The standard InChI is InChI=1S/C13H26N4O3/c1-4-5-14-13(20)15-12(19)9-17-8-11(18)6-10(17)7-16(2)3/h10-11,18H,4-9H2,1-3H3,(H2,14,15,19,20). The molecule has 7 nitrogen and oxygen atoms in total. The Bertz CT molecular complexity index is 336. The average molecular weight is 286 g/mol. The van der Waals surface area contributed by atoms with Crippen molar-refractivity contribution in [2.24, 2.45) is 0 Å². The van der Waals surface area contributed by atoms with Crippen LogP contribution in [0.15, 0.2) is 0 Å². The van der Waals surface area contributed by atoms with Gasteiger partial charge in [-0.2, -0.15) is 0 Å². The molecule has 0 bridgehead atoms. The number of carbonyl (C=O) groups is 2. The van der Waals surface area contributed by atoms with Gasteiger partial charge in [-0.05, 0) is 26.9 Å². The van der Waals surface area contributed by atoms with Gasteiger partial charge in [-0.1, -0.05) is 6.92 Å². The van der Waals surface area contributed by atoms with Gasteiger partial charge in [-0.3, -0.25) is 15.0 Å². The van der Waals surface area contributed by atoms with Gasteiger partial charge in [-0.15, -0.1) is 0 Å². The minimum Gasteiger partial charge on any atom is -0.392 e. The topological polar surface area (TPSA) is 84.9 Å². The fourth-order valence-corrected chi connectivity index (χ4v) is 2.40. The lowest BCUT2D eigenvalue weighted by Crippen LogP contribution is -2.47. The first kappa shape index (κ1) is 16.9. The van der Waals surface area contributed by atoms with Crippen LogP contribution in [0.25, 0.3) is 0 Å². The molecule has 0 aliphatic carbocycles. The second-order valence-corrected chi connectivity index (χ2v) is 5.54. The van der Waals surface area contributed by atoms with E-state index in [1.54, 1.807) is 0 Å². The van der Waals surface area contributed by atoms with Crippen molar-refractivity contribution in [3.05, 3.63) is 0 Å². The van der Waals surface area contributed by atoms with Gasteiger partial charge in [0, 0.05) is 25.7 Å². The molecule has 20 heavy (non-hydrogen) atoms. The van der Waals surface area contributed by atoms with Crippen LogP contribution >= 0.6 is 0 Å². The number of hydrogen-bond donors (Lipinski definition) is 3. The Labute approximate surface area is 120 Å². The lowest BCUT2D eigenvalue weighted by atomic mass is 10.2. The molecule has 0 aromatic carbocycles. The minimum absolute atomic E-state index is 0.134. The summed E-state index contributed by atoms with van der Waals surface area (Å²) in [7, 11) is 3.92. The third-order valence-electron chi connectivity index (χ3n) is 3.22. The molecule has 0 spiro atoms. The maximum atomic E-state index is 11.8. The Kier molecular flexibility index (Phi) is 6.90. The second kappa shape index (κ2) is 8.18. The molecule has 0 radical (unpaired) electrons. The van der Waals surface area contributed by atoms with Crippen molar-refractivity contribution in [2.45, 2.75) is 31.9 Å². The number of likely N-dealkylation sites (N-methyl/N-ethyl adjacent to an activating group) is 1. The van der Waals surface area contributed by atoms with E-state index in [1.807, 2.05) is 30.8 Å². The number of amides is 3. The summed E-state index contributed by atoms with van der Waals surface area (Å²) in [6.45, 7) is 3.88. The van der Waals surface area contributed by atoms with Crippen molar-refractivity contribution in [3.8, 4) is 0 Å². The summed E-state index contributed by atoms with van der Waals surface area (Å²) in [6, 6.07) is -0.315. The van der Waals surface area contributed by atoms with E-state index in [9.17, 15) is 14.7 Å². The van der Waals surface area contributed by atoms with Crippen LogP contribution in [0.3, 0.4) is 0 Å². The predicted octanol–water partition coefficient (Wildman–Crippen LogP) is -0.781. The van der Waals surface area contributed by atoms with Crippen LogP contribution in [0.5, 0.6) is 0 Å². The van der Waals surface area contributed by atoms with Gasteiger partial charge in [-0.25, -0.2) is 4.79 Å². The van der Waals surface area contributed by atoms with Crippen LogP contribution in [0.1, 0.15) is 19.8 Å². The monoisotopic (exact) mass is 286 g/mol. The number of nitrogens with zero attached hydrogens (tertiary/aromatic N) is 2. The Balaban J connectivity index is 2.41. The van der Waals surface area contributed by atoms with Crippen molar-refractivity contribution >= 4 is 11.9 Å². The summed E-state index contributed by atoms with van der Waals surface area (Å²) in [5.74, 6) is -0.337. The normalized spacial score (nSPS) is 23.1. The number of hydrogen-bond acceptors (Lipinski definition) is 5. The highest BCUT2D eigenvalue weighted by molar-refractivity contribution is 5.95. The summed E-state index contributed by atoms with van der Waals surface area (Å²) in [4.78, 5) is 27.1. The zero-order valence-corrected chi connectivity index (χ0v) is 12.6. The smallest absolute Gasteiger partial charge is 0.321 e. The second-order valence-electron chi connectivity index (χ2n) is 5.54. The van der Waals surface area contributed by atoms with Gasteiger partial charge >= 0.3 is 6.03 Å². The first-order chi connectivity index (χ1) is 9.42. The number of nitrogens with one attached hydrogen (secondary N) is 2. The Hall–Kier alpha value is -1.18. The van der Waals surface area contributed by atoms with Crippen molar-refractivity contribution < 1.29 is 14.7 Å². The molecule has 0 aromatic rings. The Morgan fingerprint density at radius 1 is 1.40 bits per heavy atom. The zero-order valence-electron chi connectivity index (χ0n) is 12.6. The molecular formula is C13H26N4O3. The Morgan fingerprint density at radius 2 is 2.10 bits per heavy atom. The van der Waals surface area contributed by atoms with Gasteiger partial charge in [0.15, 0.2) is 0 Å². The molecule has 1 fully saturated rings. The summed E-state index contributed by atoms with van der Waals surface area (Å²) in [6.07, 6.45) is 1.08. The predicted molar refractivity (Wildman–Crippen MR) is 76.4 cm³/mol. The van der Waals surface area contributed by atoms with Gasteiger partial charge in [0.2, 0.25) is 5.91 Å². The highest BCUT2D eigenvalue weighted by Gasteiger charge is 2.32. The molecule has 0 saturated carbocycles. The summed E-state index contributed by atoms with van der Waals surface area (Å²) < 4.78 is 0. The summed E-state index contributed by atoms with van der Waals surface area (Å²) in [5.41, 5.74) is 0. The van der Waals surface area contributed by atoms with Crippen molar-refractivity contribution in [3.63, 3.8) is 0 Å². The van der Waals surface area contributed by atoms with Crippen LogP contribution < -0.4 is 10.6 Å². The average Bonchev–Trinajstić information content (AvgIpc) is 2.65. The summed E-state index contributed by atoms with van der Waals surface area (Å²) in [5, 5.41) is 14.6. The highest BCUT2D eigenvalue weighted by atomic mass is 16.3. The first-order valence-corrected chi connectivity index (χ1v) is 7.06. The molecule has 2 unspecified atom stereocenters. The lowest BCUT2D eigenvalue weighted by Gasteiger charge is -2.25. The SMILES string of the molecule is CCCNC(=O)NC(=O)CN1CC(O)CC1CN(C)C. The molecule has 3 amide bonds. The van der Waals surface area contributed by atoms with E-state index in [0.29, 0.717) is 19.5 Å². The zero-order chi connectivity index (χ0) is 15.1. The van der Waals surface area contributed by atoms with Crippen molar-refractivity contribution in [1.29, 1.82) is 0 Å². The third kappa shape index (κ3) is 5.85. The van der Waals surface area contributed by atoms with Crippen LogP contribution in [0.2, 0.25) is 0 Å². The van der Waals surface area contributed by atoms with Gasteiger partial charge < -0.3 is 15.3 Å². The van der Waals surface area contributed by atoms with E-state index < -0.39 is 12.1 Å². The van der Waals surface area contributed by atoms with Crippen molar-refractivity contribution in [1.82, 2.24) is 20.4 Å². The molecule has 116 valence electrons. The molecule has 1 aliphatic heterocycles. The fourth-order valence-electron chi connectivity index (χ4n) is 2.40. The lowest BCUT2D eigenvalue weighted by molar-refractivity contribution is -0.121. The van der Waals surface area contributed by atoms with E-state index in [2.05, 4.69) is 10.6 Å². The molecule has 1 aliphatic rings. The molecule has 0 aromatic heterocycles. The molecule has 7 heteroatoms. The molecule has 1 rings (SSSR count). The number of likely N-dealkylation sites (tertiary alicyclic amines) is 1. The highest BCUT2D eigenvalue weighted by Crippen LogP contribution is 2.17. The maximum Gasteiger partial charge on any atom is 0.321 e. The van der Waals surface area contributed by atoms with E-state index in [1.165, 1.54) is 0 Å².